The van der Waals surface area contributed by atoms with Crippen molar-refractivity contribution in [2.75, 3.05) is 37.7 Å². The number of nitrogens with two attached hydrogens (primary N) is 1. The van der Waals surface area contributed by atoms with Gasteiger partial charge in [-0.3, -0.25) is 19.8 Å². The van der Waals surface area contributed by atoms with Crippen molar-refractivity contribution in [3.05, 3.63) is 76.2 Å². The minimum Gasteiger partial charge on any atom is -0.383 e. The molecule has 226 valence electrons. The summed E-state index contributed by atoms with van der Waals surface area (Å²) >= 11 is 1.55. The molecule has 9 nitrogen and oxygen atoms in total. The van der Waals surface area contributed by atoms with Crippen LogP contribution >= 0.6 is 20.2 Å². The minimum atomic E-state index is -0.174. The molecule has 11 heteroatoms. The zero-order valence-electron chi connectivity index (χ0n) is 25.0. The highest BCUT2D eigenvalue weighted by molar-refractivity contribution is 7.23. The number of rotatable bonds is 9. The summed E-state index contributed by atoms with van der Waals surface area (Å²) in [5.74, 6) is 1.73. The zero-order valence-corrected chi connectivity index (χ0v) is 26.9. The van der Waals surface area contributed by atoms with Crippen LogP contribution in [0.5, 0.6) is 0 Å². The number of thiazole rings is 1. The third kappa shape index (κ3) is 8.34. The molecule has 2 aliphatic carbocycles. The summed E-state index contributed by atoms with van der Waals surface area (Å²) in [5.41, 5.74) is 8.96. The molecule has 6 rings (SSSR count). The number of nitrogens with one attached hydrogen (secondary N) is 1. The first kappa shape index (κ1) is 31.0. The second kappa shape index (κ2) is 13.9. The molecule has 3 aromatic rings. The van der Waals surface area contributed by atoms with Gasteiger partial charge in [-0.25, -0.2) is 15.0 Å². The van der Waals surface area contributed by atoms with Gasteiger partial charge in [0.25, 0.3) is 5.91 Å². The number of amides is 2. The lowest BCUT2D eigenvalue weighted by molar-refractivity contribution is -0.125. The van der Waals surface area contributed by atoms with Gasteiger partial charge >= 0.3 is 0 Å². The molecule has 1 aromatic carbocycles. The number of nitrogens with zero attached hydrogens (tertiary/aromatic N) is 5. The van der Waals surface area contributed by atoms with Gasteiger partial charge in [-0.1, -0.05) is 25.1 Å². The molecule has 0 radical (unpaired) electrons. The van der Waals surface area contributed by atoms with Crippen LogP contribution in [0.2, 0.25) is 0 Å². The van der Waals surface area contributed by atoms with Gasteiger partial charge in [-0.2, -0.15) is 0 Å². The molecule has 2 amide bonds. The molecule has 1 saturated heterocycles. The smallest absolute Gasteiger partial charge is 0.257 e. The number of nitrogen functional groups attached to an aromatic ring is 1. The molecule has 43 heavy (non-hydrogen) atoms. The van der Waals surface area contributed by atoms with Gasteiger partial charge in [0.15, 0.2) is 5.13 Å². The van der Waals surface area contributed by atoms with Crippen molar-refractivity contribution in [3.63, 3.8) is 0 Å². The van der Waals surface area contributed by atoms with E-state index < -0.39 is 0 Å². The zero-order chi connectivity index (χ0) is 30.5. The molecule has 3 N–H and O–H groups in total. The van der Waals surface area contributed by atoms with Gasteiger partial charge < -0.3 is 10.6 Å². The molecule has 0 unspecified atom stereocenters. The van der Waals surface area contributed by atoms with Crippen LogP contribution in [-0.2, 0) is 4.79 Å². The van der Waals surface area contributed by atoms with E-state index in [0.29, 0.717) is 28.3 Å². The van der Waals surface area contributed by atoms with Crippen LogP contribution in [0.4, 0.5) is 10.9 Å². The maximum Gasteiger partial charge on any atom is 0.257 e. The van der Waals surface area contributed by atoms with Gasteiger partial charge in [-0.05, 0) is 75.6 Å². The van der Waals surface area contributed by atoms with Crippen LogP contribution in [-0.4, -0.2) is 74.6 Å². The maximum atomic E-state index is 12.5. The molecule has 3 heterocycles. The highest BCUT2D eigenvalue weighted by Crippen LogP contribution is 2.43. The number of hydrogen-bond donors (Lipinski definition) is 2. The lowest BCUT2D eigenvalue weighted by Gasteiger charge is -2.14. The number of aryl methyl sites for hydroxylation is 1. The van der Waals surface area contributed by atoms with Gasteiger partial charge in [0.2, 0.25) is 5.91 Å². The molecular weight excluding hydrogens is 577 g/mol. The molecule has 0 spiro atoms. The molecule has 2 aromatic heterocycles. The van der Waals surface area contributed by atoms with E-state index in [1.165, 1.54) is 36.9 Å². The average Bonchev–Trinajstić information content (AvgIpc) is 3.93. The summed E-state index contributed by atoms with van der Waals surface area (Å²) in [5, 5.41) is 4.30. The summed E-state index contributed by atoms with van der Waals surface area (Å²) in [7, 11) is 5.77. The SMILES string of the molecule is C[C@@H]1CCN(C(=O)/C=C/CN(C)C2CC2)C1.Cc1ncnc(N)c1C(=P)c1ccc(C(=O)Nc2ncc(C3CC3)s2)cc1. The number of likely N-dealkylation sites (N-methyl/N-ethyl adjacent to an activating group) is 1. The van der Waals surface area contributed by atoms with E-state index >= 15 is 0 Å². The van der Waals surface area contributed by atoms with E-state index in [4.69, 9.17) is 5.73 Å². The number of carbonyl (C=O) groups excluding carboxylic acids is 2. The van der Waals surface area contributed by atoms with Crippen molar-refractivity contribution in [1.82, 2.24) is 24.8 Å². The number of aromatic nitrogens is 3. The fraction of sp³-hybridized carbons (Fsp3) is 0.438. The molecular formula is C32H40N7O2PS. The minimum absolute atomic E-state index is 0.174. The van der Waals surface area contributed by atoms with E-state index in [9.17, 15) is 9.59 Å². The van der Waals surface area contributed by atoms with Gasteiger partial charge in [-0.15, -0.1) is 20.2 Å². The Labute approximate surface area is 259 Å². The third-order valence-corrected chi connectivity index (χ3v) is 9.65. The summed E-state index contributed by atoms with van der Waals surface area (Å²) in [4.78, 5) is 42.3. The molecule has 0 bridgehead atoms. The topological polar surface area (TPSA) is 117 Å². The van der Waals surface area contributed by atoms with Gasteiger partial charge in [0.05, 0.1) is 5.69 Å². The van der Waals surface area contributed by atoms with Crippen LogP contribution in [0.1, 0.15) is 77.0 Å². The van der Waals surface area contributed by atoms with Crippen LogP contribution in [0.3, 0.4) is 0 Å². The van der Waals surface area contributed by atoms with E-state index in [1.54, 1.807) is 29.5 Å². The maximum absolute atomic E-state index is 12.5. The van der Waals surface area contributed by atoms with Crippen molar-refractivity contribution in [1.29, 1.82) is 0 Å². The highest BCUT2D eigenvalue weighted by atomic mass is 32.1. The largest absolute Gasteiger partial charge is 0.383 e. The van der Waals surface area contributed by atoms with E-state index in [0.717, 1.165) is 54.2 Å². The van der Waals surface area contributed by atoms with Crippen molar-refractivity contribution >= 4 is 48.3 Å². The number of anilines is 2. The predicted octanol–water partition coefficient (Wildman–Crippen LogP) is 5.17. The molecule has 1 atom stereocenters. The van der Waals surface area contributed by atoms with Crippen molar-refractivity contribution in [2.24, 2.45) is 5.92 Å². The van der Waals surface area contributed by atoms with Crippen molar-refractivity contribution in [2.45, 2.75) is 57.9 Å². The fourth-order valence-electron chi connectivity index (χ4n) is 5.03. The van der Waals surface area contributed by atoms with Gasteiger partial charge in [0.1, 0.15) is 12.1 Å². The number of carbonyl (C=O) groups is 2. The summed E-state index contributed by atoms with van der Waals surface area (Å²) in [6.07, 6.45) is 13.3. The van der Waals surface area contributed by atoms with E-state index in [1.807, 2.05) is 36.2 Å². The normalized spacial score (nSPS) is 18.0. The Bertz CT molecular complexity index is 1480. The number of benzene rings is 1. The third-order valence-electron chi connectivity index (χ3n) is 8.04. The number of hydrogen-bond acceptors (Lipinski definition) is 8. The first-order chi connectivity index (χ1) is 20.7. The van der Waals surface area contributed by atoms with Crippen LogP contribution in [0.25, 0.3) is 0 Å². The van der Waals surface area contributed by atoms with Crippen molar-refractivity contribution in [3.8, 4) is 0 Å². The Balaban J connectivity index is 0.000000196. The molecule has 1 aliphatic heterocycles. The Kier molecular flexibility index (Phi) is 10.0. The first-order valence-corrected chi connectivity index (χ1v) is 16.2. The molecule has 2 saturated carbocycles. The molecule has 3 aliphatic rings. The van der Waals surface area contributed by atoms with Crippen molar-refractivity contribution < 1.29 is 9.59 Å². The second-order valence-electron chi connectivity index (χ2n) is 11.7. The Morgan fingerprint density at radius 2 is 1.84 bits per heavy atom. The lowest BCUT2D eigenvalue weighted by atomic mass is 10.0. The number of likely N-dealkylation sites (tertiary alicyclic amines) is 1. The predicted molar refractivity (Wildman–Crippen MR) is 176 cm³/mol. The van der Waals surface area contributed by atoms with Gasteiger partial charge in [0, 0.05) is 59.2 Å². The Morgan fingerprint density at radius 1 is 1.12 bits per heavy atom. The monoisotopic (exact) mass is 617 g/mol. The second-order valence-corrected chi connectivity index (χ2v) is 13.3. The van der Waals surface area contributed by atoms with Crippen LogP contribution in [0, 0.1) is 12.8 Å². The van der Waals surface area contributed by atoms with Crippen LogP contribution < -0.4 is 11.1 Å². The molecule has 3 fully saturated rings. The highest BCUT2D eigenvalue weighted by Gasteiger charge is 2.27. The quantitative estimate of drug-likeness (QED) is 0.251. The fourth-order valence-corrected chi connectivity index (χ4v) is 6.48. The standard InChI is InChI=1S/C19H18N5OPS.C13H22N2O/c1-10-15(17(20)23-9-22-10)16(26)12-4-6-13(7-5-12)18(25)24-19-21-8-14(27-19)11-2-3-11;1-11-7-9-15(10-11)13(16)4-3-8-14(2)12-5-6-12/h4-9,11,26H,2-3H2,1H3,(H2,20,22,23)(H,21,24,25);3-4,11-12H,5-10H2,1-2H3/b;4-3+/t;11-/m.1/s1. The Hall–Kier alpha value is -3.46. The Morgan fingerprint density at radius 3 is 2.47 bits per heavy atom. The summed E-state index contributed by atoms with van der Waals surface area (Å²) in [6.45, 7) is 6.85. The first-order valence-electron chi connectivity index (χ1n) is 14.9. The summed E-state index contributed by atoms with van der Waals surface area (Å²) in [6, 6.07) is 8.04. The van der Waals surface area contributed by atoms with Crippen LogP contribution in [0.15, 0.2) is 48.9 Å². The summed E-state index contributed by atoms with van der Waals surface area (Å²) < 4.78 is 0. The van der Waals surface area contributed by atoms with E-state index in [2.05, 4.69) is 48.0 Å². The van der Waals surface area contributed by atoms with E-state index in [-0.39, 0.29) is 11.8 Å². The lowest BCUT2D eigenvalue weighted by Crippen LogP contribution is -2.27. The average molecular weight is 618 g/mol.